The summed E-state index contributed by atoms with van der Waals surface area (Å²) in [6, 6.07) is 7.37. The average molecular weight is 270 g/mol. The van der Waals surface area contributed by atoms with Gasteiger partial charge in [0.05, 0.1) is 24.1 Å². The molecule has 0 saturated heterocycles. The van der Waals surface area contributed by atoms with Crippen LogP contribution in [0, 0.1) is 6.92 Å². The third-order valence-electron chi connectivity index (χ3n) is 3.03. The Kier molecular flexibility index (Phi) is 4.13. The number of carbonyl (C=O) groups is 1. The molecule has 0 aliphatic carbocycles. The Hall–Kier alpha value is -2.23. The highest BCUT2D eigenvalue weighted by molar-refractivity contribution is 5.90. The molecule has 2 aromatic heterocycles. The van der Waals surface area contributed by atoms with Crippen LogP contribution in [-0.2, 0) is 4.74 Å². The molecular weight excluding hydrogens is 252 g/mol. The molecule has 20 heavy (non-hydrogen) atoms. The maximum atomic E-state index is 11.8. The number of ether oxygens (including phenoxy) is 1. The van der Waals surface area contributed by atoms with Crippen molar-refractivity contribution in [1.82, 2.24) is 9.97 Å². The molecule has 2 rings (SSSR count). The highest BCUT2D eigenvalue weighted by Gasteiger charge is 2.13. The van der Waals surface area contributed by atoms with E-state index in [1.54, 1.807) is 18.3 Å². The lowest BCUT2D eigenvalue weighted by atomic mass is 10.1. The van der Waals surface area contributed by atoms with Gasteiger partial charge in [0.2, 0.25) is 0 Å². The van der Waals surface area contributed by atoms with Gasteiger partial charge in [-0.15, -0.1) is 0 Å². The molecule has 0 aromatic carbocycles. The molecule has 0 fully saturated rings. The van der Waals surface area contributed by atoms with Crippen molar-refractivity contribution in [3.8, 4) is 11.4 Å². The number of nitrogens with zero attached hydrogens (tertiary/aromatic N) is 2. The Labute approximate surface area is 118 Å². The van der Waals surface area contributed by atoms with E-state index in [-0.39, 0.29) is 11.9 Å². The predicted octanol–water partition coefficient (Wildman–Crippen LogP) is 3.36. The maximum absolute atomic E-state index is 11.8. The van der Waals surface area contributed by atoms with Crippen LogP contribution in [0.25, 0.3) is 11.4 Å². The lowest BCUT2D eigenvalue weighted by Crippen LogP contribution is -2.05. The standard InChI is InChI=1S/C16H18N2O2/c1-10(2)14-7-12(16(19)20-4)8-15(18-14)13-6-5-11(3)9-17-13/h5-10H,1-4H3. The van der Waals surface area contributed by atoms with Crippen LogP contribution in [0.5, 0.6) is 0 Å². The van der Waals surface area contributed by atoms with Gasteiger partial charge in [-0.3, -0.25) is 9.97 Å². The lowest BCUT2D eigenvalue weighted by Gasteiger charge is -2.10. The van der Waals surface area contributed by atoms with Crippen molar-refractivity contribution in [2.24, 2.45) is 0 Å². The topological polar surface area (TPSA) is 52.1 Å². The van der Waals surface area contributed by atoms with Gasteiger partial charge >= 0.3 is 5.97 Å². The van der Waals surface area contributed by atoms with Crippen molar-refractivity contribution >= 4 is 5.97 Å². The van der Waals surface area contributed by atoms with Gasteiger partial charge in [-0.1, -0.05) is 19.9 Å². The van der Waals surface area contributed by atoms with E-state index >= 15 is 0 Å². The Bertz CT molecular complexity index is 619. The summed E-state index contributed by atoms with van der Waals surface area (Å²) < 4.78 is 4.79. The fourth-order valence-corrected chi connectivity index (χ4v) is 1.83. The summed E-state index contributed by atoms with van der Waals surface area (Å²) in [7, 11) is 1.38. The molecule has 0 aliphatic rings. The molecule has 0 saturated carbocycles. The molecule has 4 nitrogen and oxygen atoms in total. The van der Waals surface area contributed by atoms with Crippen LogP contribution in [0.3, 0.4) is 0 Å². The van der Waals surface area contributed by atoms with E-state index in [1.165, 1.54) is 7.11 Å². The molecule has 2 heterocycles. The second kappa shape index (κ2) is 5.82. The Balaban J connectivity index is 2.54. The van der Waals surface area contributed by atoms with Crippen molar-refractivity contribution in [3.63, 3.8) is 0 Å². The van der Waals surface area contributed by atoms with Crippen LogP contribution >= 0.6 is 0 Å². The van der Waals surface area contributed by atoms with Crippen molar-refractivity contribution in [1.29, 1.82) is 0 Å². The van der Waals surface area contributed by atoms with Crippen LogP contribution in [0.15, 0.2) is 30.5 Å². The van der Waals surface area contributed by atoms with E-state index in [1.807, 2.05) is 32.9 Å². The maximum Gasteiger partial charge on any atom is 0.337 e. The summed E-state index contributed by atoms with van der Waals surface area (Å²) in [6.45, 7) is 6.06. The molecule has 0 bridgehead atoms. The van der Waals surface area contributed by atoms with Gasteiger partial charge in [0, 0.05) is 11.9 Å². The van der Waals surface area contributed by atoms with Gasteiger partial charge < -0.3 is 4.74 Å². The Morgan fingerprint density at radius 1 is 1.20 bits per heavy atom. The second-order valence-electron chi connectivity index (χ2n) is 5.03. The quantitative estimate of drug-likeness (QED) is 0.802. The second-order valence-corrected chi connectivity index (χ2v) is 5.03. The average Bonchev–Trinajstić information content (AvgIpc) is 2.46. The first-order chi connectivity index (χ1) is 9.51. The molecule has 0 atom stereocenters. The first kappa shape index (κ1) is 14.2. The molecule has 0 N–H and O–H groups in total. The zero-order valence-corrected chi connectivity index (χ0v) is 12.2. The van der Waals surface area contributed by atoms with E-state index in [0.29, 0.717) is 11.3 Å². The van der Waals surface area contributed by atoms with Crippen LogP contribution in [0.4, 0.5) is 0 Å². The summed E-state index contributed by atoms with van der Waals surface area (Å²) in [4.78, 5) is 20.7. The number of methoxy groups -OCH3 is 1. The molecule has 0 unspecified atom stereocenters. The minimum absolute atomic E-state index is 0.226. The van der Waals surface area contributed by atoms with Gasteiger partial charge in [-0.2, -0.15) is 0 Å². The molecule has 0 radical (unpaired) electrons. The SMILES string of the molecule is COC(=O)c1cc(-c2ccc(C)cn2)nc(C(C)C)c1. The normalized spacial score (nSPS) is 10.7. The number of carbonyl (C=O) groups excluding carboxylic acids is 1. The van der Waals surface area contributed by atoms with Gasteiger partial charge in [-0.25, -0.2) is 4.79 Å². The first-order valence-corrected chi connectivity index (χ1v) is 6.54. The molecule has 0 amide bonds. The highest BCUT2D eigenvalue weighted by atomic mass is 16.5. The number of hydrogen-bond donors (Lipinski definition) is 0. The van der Waals surface area contributed by atoms with E-state index in [9.17, 15) is 4.79 Å². The fourth-order valence-electron chi connectivity index (χ4n) is 1.83. The number of esters is 1. The van der Waals surface area contributed by atoms with Crippen molar-refractivity contribution in [2.75, 3.05) is 7.11 Å². The molecular formula is C16H18N2O2. The Morgan fingerprint density at radius 3 is 2.50 bits per heavy atom. The first-order valence-electron chi connectivity index (χ1n) is 6.54. The fraction of sp³-hybridized carbons (Fsp3) is 0.312. The van der Waals surface area contributed by atoms with Crippen molar-refractivity contribution in [2.45, 2.75) is 26.7 Å². The van der Waals surface area contributed by atoms with Crippen molar-refractivity contribution in [3.05, 3.63) is 47.3 Å². The van der Waals surface area contributed by atoms with Crippen LogP contribution in [0.1, 0.15) is 41.4 Å². The third-order valence-corrected chi connectivity index (χ3v) is 3.03. The van der Waals surface area contributed by atoms with E-state index in [4.69, 9.17) is 4.74 Å². The monoisotopic (exact) mass is 270 g/mol. The minimum Gasteiger partial charge on any atom is -0.465 e. The van der Waals surface area contributed by atoms with E-state index in [0.717, 1.165) is 17.0 Å². The molecule has 0 spiro atoms. The predicted molar refractivity (Wildman–Crippen MR) is 77.6 cm³/mol. The number of aryl methyl sites for hydroxylation is 1. The summed E-state index contributed by atoms with van der Waals surface area (Å²) in [6.07, 6.45) is 1.79. The van der Waals surface area contributed by atoms with Gasteiger partial charge in [0.25, 0.3) is 0 Å². The largest absolute Gasteiger partial charge is 0.465 e. The Morgan fingerprint density at radius 2 is 1.95 bits per heavy atom. The van der Waals surface area contributed by atoms with Crippen molar-refractivity contribution < 1.29 is 9.53 Å². The number of hydrogen-bond acceptors (Lipinski definition) is 4. The van der Waals surface area contributed by atoms with Gasteiger partial charge in [-0.05, 0) is 36.6 Å². The van der Waals surface area contributed by atoms with Crippen LogP contribution in [-0.4, -0.2) is 23.0 Å². The summed E-state index contributed by atoms with van der Waals surface area (Å²) in [5, 5.41) is 0. The smallest absolute Gasteiger partial charge is 0.337 e. The summed E-state index contributed by atoms with van der Waals surface area (Å²) in [5.41, 5.74) is 3.88. The summed E-state index contributed by atoms with van der Waals surface area (Å²) in [5.74, 6) is -0.133. The molecule has 104 valence electrons. The minimum atomic E-state index is -0.359. The van der Waals surface area contributed by atoms with E-state index in [2.05, 4.69) is 9.97 Å². The summed E-state index contributed by atoms with van der Waals surface area (Å²) >= 11 is 0. The van der Waals surface area contributed by atoms with Crippen LogP contribution < -0.4 is 0 Å². The third kappa shape index (κ3) is 3.02. The number of rotatable bonds is 3. The number of aromatic nitrogens is 2. The van der Waals surface area contributed by atoms with E-state index < -0.39 is 0 Å². The number of pyridine rings is 2. The zero-order chi connectivity index (χ0) is 14.7. The van der Waals surface area contributed by atoms with Crippen LogP contribution in [0.2, 0.25) is 0 Å². The highest BCUT2D eigenvalue weighted by Crippen LogP contribution is 2.21. The molecule has 0 aliphatic heterocycles. The zero-order valence-electron chi connectivity index (χ0n) is 12.2. The van der Waals surface area contributed by atoms with Gasteiger partial charge in [0.1, 0.15) is 0 Å². The molecule has 2 aromatic rings. The van der Waals surface area contributed by atoms with Gasteiger partial charge in [0.15, 0.2) is 0 Å². The molecule has 4 heteroatoms. The lowest BCUT2D eigenvalue weighted by molar-refractivity contribution is 0.0600.